The summed E-state index contributed by atoms with van der Waals surface area (Å²) in [4.78, 5) is 15.0. The molecule has 2 aromatic carbocycles. The van der Waals surface area contributed by atoms with Crippen LogP contribution in [0.25, 0.3) is 16.3 Å². The molecule has 0 fully saturated rings. The zero-order chi connectivity index (χ0) is 27.7. The van der Waals surface area contributed by atoms with Crippen LogP contribution < -0.4 is 14.6 Å². The molecule has 4 rings (SSSR count). The van der Waals surface area contributed by atoms with Gasteiger partial charge in [-0.15, -0.1) is 0 Å². The molecule has 3 aromatic rings. The Morgan fingerprint density at radius 2 is 1.79 bits per heavy atom. The Labute approximate surface area is 229 Å². The number of thioether (sulfide) groups is 1. The first-order valence-electron chi connectivity index (χ1n) is 11.1. The van der Waals surface area contributed by atoms with Gasteiger partial charge in [-0.3, -0.25) is 9.00 Å². The minimum Gasteiger partial charge on any atom is -0.857 e. The largest absolute Gasteiger partial charge is 0.857 e. The average Bonchev–Trinajstić information content (AvgIpc) is 3.29. The Bertz CT molecular complexity index is 1740. The molecule has 0 radical (unpaired) electrons. The number of fused-ring (bicyclic) bond motifs is 2. The lowest BCUT2D eigenvalue weighted by Gasteiger charge is -2.19. The Hall–Kier alpha value is -3.04. The van der Waals surface area contributed by atoms with Crippen molar-refractivity contribution < 1.29 is 31.6 Å². The lowest BCUT2D eigenvalue weighted by molar-refractivity contribution is -0.658. The van der Waals surface area contributed by atoms with Gasteiger partial charge in [0.2, 0.25) is 15.5 Å². The predicted octanol–water partition coefficient (Wildman–Crippen LogP) is 2.52. The van der Waals surface area contributed by atoms with Crippen molar-refractivity contribution in [2.45, 2.75) is 18.4 Å². The zero-order valence-electron chi connectivity index (χ0n) is 20.6. The number of hydrogen-bond acceptors (Lipinski definition) is 9. The molecule has 0 spiro atoms. The van der Waals surface area contributed by atoms with Gasteiger partial charge in [-0.1, -0.05) is 47.4 Å². The number of carbonyl (C=O) groups is 1. The summed E-state index contributed by atoms with van der Waals surface area (Å²) in [6.45, 7) is 1.36. The molecular formula is C24H23N4O6S4-. The van der Waals surface area contributed by atoms with Gasteiger partial charge in [-0.2, -0.15) is 13.3 Å². The summed E-state index contributed by atoms with van der Waals surface area (Å²) in [7, 11) is -7.65. The first kappa shape index (κ1) is 28.0. The highest BCUT2D eigenvalue weighted by Crippen LogP contribution is 2.46. The van der Waals surface area contributed by atoms with Gasteiger partial charge in [-0.05, 0) is 46.8 Å². The Kier molecular flexibility index (Phi) is 8.09. The lowest BCUT2D eigenvalue weighted by Crippen LogP contribution is -2.43. The van der Waals surface area contributed by atoms with E-state index < -0.39 is 31.8 Å². The van der Waals surface area contributed by atoms with E-state index in [2.05, 4.69) is 8.76 Å². The van der Waals surface area contributed by atoms with Gasteiger partial charge in [0.05, 0.1) is 17.0 Å². The van der Waals surface area contributed by atoms with E-state index in [9.17, 15) is 27.1 Å². The molecule has 1 unspecified atom stereocenters. The molecule has 1 aliphatic heterocycles. The van der Waals surface area contributed by atoms with E-state index in [1.54, 1.807) is 9.47 Å². The number of benzene rings is 2. The fraction of sp³-hybridized carbons (Fsp3) is 0.208. The van der Waals surface area contributed by atoms with E-state index in [4.69, 9.17) is 0 Å². The van der Waals surface area contributed by atoms with Crippen molar-refractivity contribution in [3.05, 3.63) is 70.2 Å². The molecule has 0 N–H and O–H groups in total. The maximum absolute atomic E-state index is 12.4. The number of para-hydroxylation sites is 2. The highest BCUT2D eigenvalue weighted by Gasteiger charge is 2.27. The van der Waals surface area contributed by atoms with Crippen molar-refractivity contribution in [1.82, 2.24) is 0 Å². The van der Waals surface area contributed by atoms with E-state index in [1.165, 1.54) is 23.1 Å². The van der Waals surface area contributed by atoms with Crippen LogP contribution in [0.5, 0.6) is 0 Å². The van der Waals surface area contributed by atoms with Gasteiger partial charge in [0.15, 0.2) is 6.54 Å². The Morgan fingerprint density at radius 3 is 2.50 bits per heavy atom. The second kappa shape index (κ2) is 11.0. The van der Waals surface area contributed by atoms with E-state index in [-0.39, 0.29) is 13.1 Å². The van der Waals surface area contributed by atoms with Crippen molar-refractivity contribution in [2.75, 3.05) is 24.0 Å². The number of sulfonamides is 1. The van der Waals surface area contributed by atoms with E-state index in [0.717, 1.165) is 38.9 Å². The van der Waals surface area contributed by atoms with E-state index in [0.29, 0.717) is 10.0 Å². The molecule has 1 amide bonds. The van der Waals surface area contributed by atoms with Gasteiger partial charge in [-0.25, -0.2) is 8.42 Å². The van der Waals surface area contributed by atoms with Crippen LogP contribution in [0, 0.1) is 0 Å². The second-order valence-corrected chi connectivity index (χ2v) is 13.9. The van der Waals surface area contributed by atoms with Crippen LogP contribution >= 0.6 is 23.1 Å². The van der Waals surface area contributed by atoms with Crippen LogP contribution in [0.1, 0.15) is 11.9 Å². The first-order valence-corrected chi connectivity index (χ1v) is 16.4. The summed E-state index contributed by atoms with van der Waals surface area (Å²) in [5.74, 6) is -1.57. The number of aromatic nitrogens is 1. The third-order valence-electron chi connectivity index (χ3n) is 5.10. The van der Waals surface area contributed by atoms with Crippen LogP contribution in [-0.2, 0) is 31.4 Å². The number of amides is 1. The standard InChI is InChI=1S/C24H24N4O6S4/c1-16(12-23-27(14-21(29)25-37(2,31)32)17-8-4-6-10-19(17)35-23)13-24-28(15-22(30)26-38(3,33)34)18-9-5-7-11-20(18)36-24/h4-13H,14-15H2,1-3H3,(H-,25,26,29,30,31,32)/p-1. The molecule has 0 saturated carbocycles. The minimum absolute atomic E-state index is 0.249. The number of carbonyl (C=O) groups excluding carboxylic acids is 1. The predicted molar refractivity (Wildman–Crippen MR) is 148 cm³/mol. The normalized spacial score (nSPS) is 17.1. The van der Waals surface area contributed by atoms with Crippen LogP contribution in [0.3, 0.4) is 0 Å². The van der Waals surface area contributed by atoms with Gasteiger partial charge in [0.25, 0.3) is 10.9 Å². The molecule has 0 aliphatic carbocycles. The number of nitrogens with zero attached hydrogens (tertiary/aromatic N) is 4. The fourth-order valence-corrected chi connectivity index (χ4v) is 6.98. The maximum Gasteiger partial charge on any atom is 0.272 e. The molecule has 10 nitrogen and oxygen atoms in total. The lowest BCUT2D eigenvalue weighted by atomic mass is 10.2. The third-order valence-corrected chi connectivity index (χ3v) is 8.39. The zero-order valence-corrected chi connectivity index (χ0v) is 23.8. The molecule has 1 aliphatic rings. The third kappa shape index (κ3) is 7.08. The summed E-state index contributed by atoms with van der Waals surface area (Å²) in [5.41, 5.74) is 2.31. The molecular weight excluding hydrogens is 569 g/mol. The molecule has 14 heteroatoms. The number of thiazole rings is 1. The Balaban J connectivity index is 1.73. The summed E-state index contributed by atoms with van der Waals surface area (Å²) < 4.78 is 55.1. The van der Waals surface area contributed by atoms with Crippen LogP contribution in [0.2, 0.25) is 0 Å². The smallest absolute Gasteiger partial charge is 0.272 e. The molecule has 2 heterocycles. The van der Waals surface area contributed by atoms with E-state index >= 15 is 0 Å². The SMILES string of the molecule is CC(=Cc1sc2ccccc2[n+]1C/C([O-])=N/S(C)(=O)=O)C=C1Sc2ccccc2N1CC(=O)N=S(C)(=O)[O-]. The minimum atomic E-state index is -3.83. The van der Waals surface area contributed by atoms with Crippen LogP contribution in [-0.4, -0.2) is 48.0 Å². The summed E-state index contributed by atoms with van der Waals surface area (Å²) in [6, 6.07) is 14.9. The molecule has 38 heavy (non-hydrogen) atoms. The number of hydrogen-bond donors (Lipinski definition) is 0. The molecule has 1 atom stereocenters. The highest BCUT2D eigenvalue weighted by molar-refractivity contribution is 8.03. The van der Waals surface area contributed by atoms with Crippen molar-refractivity contribution in [3.63, 3.8) is 0 Å². The summed E-state index contributed by atoms with van der Waals surface area (Å²) in [5, 5.41) is 13.8. The monoisotopic (exact) mass is 591 g/mol. The molecule has 1 aromatic heterocycles. The molecule has 0 bridgehead atoms. The number of rotatable bonds is 7. The maximum atomic E-state index is 12.4. The average molecular weight is 592 g/mol. The highest BCUT2D eigenvalue weighted by atomic mass is 32.2. The molecule has 200 valence electrons. The Morgan fingerprint density at radius 1 is 1.11 bits per heavy atom. The first-order chi connectivity index (χ1) is 17.8. The van der Waals surface area contributed by atoms with Crippen LogP contribution in [0.4, 0.5) is 5.69 Å². The number of anilines is 1. The van der Waals surface area contributed by atoms with Crippen molar-refractivity contribution >= 4 is 76.9 Å². The summed E-state index contributed by atoms with van der Waals surface area (Å²) in [6.07, 6.45) is 5.45. The van der Waals surface area contributed by atoms with Gasteiger partial charge in [0.1, 0.15) is 11.2 Å². The van der Waals surface area contributed by atoms with Gasteiger partial charge < -0.3 is 14.6 Å². The topological polar surface area (TPSA) is 146 Å². The fourth-order valence-electron chi connectivity index (χ4n) is 3.78. The van der Waals surface area contributed by atoms with Crippen molar-refractivity contribution in [3.8, 4) is 0 Å². The second-order valence-electron chi connectivity index (χ2n) is 8.46. The summed E-state index contributed by atoms with van der Waals surface area (Å²) >= 11 is 2.87. The van der Waals surface area contributed by atoms with Crippen molar-refractivity contribution in [2.24, 2.45) is 8.76 Å². The van der Waals surface area contributed by atoms with Gasteiger partial charge >= 0.3 is 0 Å². The van der Waals surface area contributed by atoms with Crippen molar-refractivity contribution in [1.29, 1.82) is 0 Å². The van der Waals surface area contributed by atoms with Crippen LogP contribution in [0.15, 0.2) is 78.9 Å². The number of allylic oxidation sites excluding steroid dienone is 2. The van der Waals surface area contributed by atoms with E-state index in [1.807, 2.05) is 67.6 Å². The van der Waals surface area contributed by atoms with Gasteiger partial charge in [0, 0.05) is 29.2 Å². The quantitative estimate of drug-likeness (QED) is 0.231. The molecule has 0 saturated heterocycles.